The van der Waals surface area contributed by atoms with E-state index < -0.39 is 0 Å². The number of aromatic nitrogens is 1. The van der Waals surface area contributed by atoms with Crippen LogP contribution in [0, 0.1) is 28.0 Å². The number of pyridine rings is 1. The second kappa shape index (κ2) is 17.9. The number of rotatable bonds is 0. The van der Waals surface area contributed by atoms with E-state index in [9.17, 15) is 0 Å². The predicted octanol–water partition coefficient (Wildman–Crippen LogP) is 4.39. The van der Waals surface area contributed by atoms with Crippen molar-refractivity contribution in [3.8, 4) is 0 Å². The Kier molecular flexibility index (Phi) is 21.7. The van der Waals surface area contributed by atoms with Gasteiger partial charge in [-0.2, -0.15) is 0 Å². The molecule has 1 aromatic heterocycles. The largest absolute Gasteiger partial charge is 0.263 e. The standard InChI is InChI=1S/C5H3BrClN.C4H10.2H2N3/c6-4-3-8-2-1-5(4)7;1-4(2)3;2*1-3-2/h1-3H;4H,1-3H3;2*1-2H/q;;2*+1. The summed E-state index contributed by atoms with van der Waals surface area (Å²) in [5.41, 5.74) is 22.0. The van der Waals surface area contributed by atoms with Gasteiger partial charge in [0.15, 0.2) is 0 Å². The van der Waals surface area contributed by atoms with Crippen LogP contribution in [0.3, 0.4) is 0 Å². The van der Waals surface area contributed by atoms with Crippen LogP contribution in [0.1, 0.15) is 20.8 Å². The van der Waals surface area contributed by atoms with E-state index in [1.54, 1.807) is 18.5 Å². The van der Waals surface area contributed by atoms with Crippen molar-refractivity contribution in [1.29, 1.82) is 22.1 Å². The minimum absolute atomic E-state index is 0.694. The molecular weight excluding hydrogens is 322 g/mol. The van der Waals surface area contributed by atoms with Crippen LogP contribution in [0.25, 0.3) is 0 Å². The highest BCUT2D eigenvalue weighted by molar-refractivity contribution is 9.10. The molecule has 0 amide bonds. The zero-order chi connectivity index (χ0) is 15.0. The van der Waals surface area contributed by atoms with E-state index in [-0.39, 0.29) is 0 Å². The number of hydrogen-bond acceptors (Lipinski definition) is 5. The fourth-order valence-electron chi connectivity index (χ4n) is 0.358. The summed E-state index contributed by atoms with van der Waals surface area (Å²) in [6, 6.07) is 1.73. The first-order valence-corrected chi connectivity index (χ1v) is 5.85. The number of nitrogens with zero attached hydrogens (tertiary/aromatic N) is 3. The van der Waals surface area contributed by atoms with E-state index in [1.165, 1.54) is 0 Å². The van der Waals surface area contributed by atoms with Gasteiger partial charge in [-0.15, -0.1) is 0 Å². The lowest BCUT2D eigenvalue weighted by Crippen LogP contribution is -1.69. The SMILES string of the molecule is CC(C)C.Clc1ccncc1Br.N=[N+]=N.N=[N+]=N. The van der Waals surface area contributed by atoms with Gasteiger partial charge in [0.1, 0.15) is 22.1 Å². The summed E-state index contributed by atoms with van der Waals surface area (Å²) in [7, 11) is 0. The van der Waals surface area contributed by atoms with Crippen LogP contribution in [0.5, 0.6) is 0 Å². The Bertz CT molecular complexity index is 335. The lowest BCUT2D eigenvalue weighted by Gasteiger charge is -1.88. The van der Waals surface area contributed by atoms with Crippen LogP contribution >= 0.6 is 27.5 Å². The molecule has 0 fully saturated rings. The van der Waals surface area contributed by atoms with E-state index in [4.69, 9.17) is 33.7 Å². The minimum atomic E-state index is 0.694. The summed E-state index contributed by atoms with van der Waals surface area (Å²) in [5, 5.41) is 0.694. The maximum atomic E-state index is 5.62. The molecule has 100 valence electrons. The Morgan fingerprint density at radius 3 is 1.67 bits per heavy atom. The highest BCUT2D eigenvalue weighted by Gasteiger charge is 1.89. The van der Waals surface area contributed by atoms with Crippen molar-refractivity contribution in [1.82, 2.24) is 14.8 Å². The van der Waals surface area contributed by atoms with E-state index in [0.29, 0.717) is 5.02 Å². The third-order valence-corrected chi connectivity index (χ3v) is 1.91. The molecule has 1 aromatic rings. The molecule has 0 bridgehead atoms. The second-order valence-corrected chi connectivity index (χ2v) is 4.51. The molecule has 0 aliphatic rings. The monoisotopic (exact) mass is 337 g/mol. The third kappa shape index (κ3) is 29.3. The zero-order valence-electron chi connectivity index (χ0n) is 10.4. The van der Waals surface area contributed by atoms with Gasteiger partial charge < -0.3 is 0 Å². The maximum absolute atomic E-state index is 5.62. The van der Waals surface area contributed by atoms with Crippen LogP contribution in [-0.4, -0.2) is 4.98 Å². The average Bonchev–Trinajstić information content (AvgIpc) is 2.24. The number of nitrogens with one attached hydrogen (secondary N) is 4. The van der Waals surface area contributed by atoms with Crippen molar-refractivity contribution in [3.05, 3.63) is 28.0 Å². The quantitative estimate of drug-likeness (QED) is 0.404. The average molecular weight is 339 g/mol. The van der Waals surface area contributed by atoms with Gasteiger partial charge in [-0.05, 0) is 27.9 Å². The van der Waals surface area contributed by atoms with E-state index in [0.717, 1.165) is 10.4 Å². The summed E-state index contributed by atoms with van der Waals surface area (Å²) in [5.74, 6) is 0.833. The molecule has 0 aliphatic heterocycles. The van der Waals surface area contributed by atoms with Crippen molar-refractivity contribution in [2.75, 3.05) is 0 Å². The lowest BCUT2D eigenvalue weighted by molar-refractivity contribution is 0.737. The normalized spacial score (nSPS) is 7.00. The summed E-state index contributed by atoms with van der Waals surface area (Å²) >= 11 is 8.82. The van der Waals surface area contributed by atoms with Crippen LogP contribution in [0.2, 0.25) is 5.02 Å². The predicted molar refractivity (Wildman–Crippen MR) is 72.6 cm³/mol. The van der Waals surface area contributed by atoms with Crippen molar-refractivity contribution in [2.24, 2.45) is 5.92 Å². The molecular formula is C9H17BrClN7+2. The summed E-state index contributed by atoms with van der Waals surface area (Å²) in [6.45, 7) is 6.50. The van der Waals surface area contributed by atoms with Crippen molar-refractivity contribution >= 4 is 27.5 Å². The van der Waals surface area contributed by atoms with E-state index >= 15 is 0 Å². The van der Waals surface area contributed by atoms with Crippen molar-refractivity contribution in [3.63, 3.8) is 0 Å². The summed E-state index contributed by atoms with van der Waals surface area (Å²) < 4.78 is 0.835. The van der Waals surface area contributed by atoms with Crippen molar-refractivity contribution in [2.45, 2.75) is 20.8 Å². The van der Waals surface area contributed by atoms with Gasteiger partial charge in [0.05, 0.1) is 9.50 Å². The molecule has 0 saturated carbocycles. The minimum Gasteiger partial charge on any atom is -0.263 e. The lowest BCUT2D eigenvalue weighted by atomic mass is 10.3. The molecule has 18 heavy (non-hydrogen) atoms. The van der Waals surface area contributed by atoms with Gasteiger partial charge in [0.25, 0.3) is 0 Å². The zero-order valence-corrected chi connectivity index (χ0v) is 12.7. The molecule has 1 heterocycles. The highest BCUT2D eigenvalue weighted by Crippen LogP contribution is 2.18. The maximum Gasteiger partial charge on any atom is 0.211 e. The molecule has 0 aromatic carbocycles. The molecule has 0 unspecified atom stereocenters. The molecule has 0 spiro atoms. The van der Waals surface area contributed by atoms with Crippen LogP contribution < -0.4 is 9.82 Å². The first kappa shape index (κ1) is 21.8. The van der Waals surface area contributed by atoms with Gasteiger partial charge in [-0.1, -0.05) is 32.4 Å². The fourth-order valence-corrected chi connectivity index (χ4v) is 0.714. The topological polar surface area (TPSA) is 136 Å². The van der Waals surface area contributed by atoms with Gasteiger partial charge in [0, 0.05) is 12.4 Å². The van der Waals surface area contributed by atoms with Crippen molar-refractivity contribution < 1.29 is 0 Å². The van der Waals surface area contributed by atoms with E-state index in [1.807, 2.05) is 9.82 Å². The molecule has 9 heteroatoms. The smallest absolute Gasteiger partial charge is 0.211 e. The molecule has 1 rings (SSSR count). The molecule has 0 atom stereocenters. The van der Waals surface area contributed by atoms with Crippen LogP contribution in [-0.2, 0) is 0 Å². The third-order valence-electron chi connectivity index (χ3n) is 0.723. The first-order chi connectivity index (χ1) is 8.37. The number of halogens is 2. The molecule has 7 nitrogen and oxygen atoms in total. The fraction of sp³-hybridized carbons (Fsp3) is 0.444. The van der Waals surface area contributed by atoms with E-state index in [2.05, 4.69) is 41.7 Å². The Labute approximate surface area is 119 Å². The molecule has 4 N–H and O–H groups in total. The first-order valence-electron chi connectivity index (χ1n) is 4.68. The molecule has 0 radical (unpaired) electrons. The van der Waals surface area contributed by atoms with Gasteiger partial charge >= 0.3 is 0 Å². The Morgan fingerprint density at radius 2 is 1.50 bits per heavy atom. The van der Waals surface area contributed by atoms with Gasteiger partial charge in [-0.3, -0.25) is 4.98 Å². The van der Waals surface area contributed by atoms with Crippen LogP contribution in [0.4, 0.5) is 0 Å². The second-order valence-electron chi connectivity index (χ2n) is 3.25. The summed E-state index contributed by atoms with van der Waals surface area (Å²) in [6.07, 6.45) is 3.30. The van der Waals surface area contributed by atoms with Gasteiger partial charge in [0.2, 0.25) is 9.82 Å². The Morgan fingerprint density at radius 1 is 1.17 bits per heavy atom. The summed E-state index contributed by atoms with van der Waals surface area (Å²) in [4.78, 5) is 7.81. The Hall–Kier alpha value is -1.46. The molecule has 0 saturated heterocycles. The highest BCUT2D eigenvalue weighted by atomic mass is 79.9. The number of hydrogen-bond donors (Lipinski definition) is 4. The van der Waals surface area contributed by atoms with Crippen LogP contribution in [0.15, 0.2) is 22.9 Å². The molecule has 0 aliphatic carbocycles. The Balaban J connectivity index is -0.000000192. The van der Waals surface area contributed by atoms with Gasteiger partial charge in [-0.25, -0.2) is 0 Å².